The average molecular weight is 237 g/mol. The number of nitrogens with one attached hydrogen (secondary N) is 1. The van der Waals surface area contributed by atoms with E-state index in [0.717, 1.165) is 25.3 Å². The molecule has 0 aliphatic carbocycles. The smallest absolute Gasteiger partial charge is 0.144 e. The molecule has 1 N–H and O–H groups in total. The summed E-state index contributed by atoms with van der Waals surface area (Å²) in [6.45, 7) is 8.83. The second kappa shape index (κ2) is 6.00. The fourth-order valence-corrected chi connectivity index (χ4v) is 2.34. The molecule has 0 amide bonds. The van der Waals surface area contributed by atoms with Crippen molar-refractivity contribution in [1.82, 2.24) is 19.9 Å². The third-order valence-corrected chi connectivity index (χ3v) is 3.40. The molecule has 1 aromatic heterocycles. The second-order valence-corrected chi connectivity index (χ2v) is 4.82. The summed E-state index contributed by atoms with van der Waals surface area (Å²) in [5, 5.41) is 11.5. The molecule has 0 radical (unpaired) electrons. The summed E-state index contributed by atoms with van der Waals surface area (Å²) >= 11 is 0. The van der Waals surface area contributed by atoms with Crippen molar-refractivity contribution in [3.63, 3.8) is 0 Å². The molecule has 96 valence electrons. The van der Waals surface area contributed by atoms with Gasteiger partial charge in [0.2, 0.25) is 0 Å². The first-order valence-corrected chi connectivity index (χ1v) is 6.67. The number of hydrogen-bond acceptors (Lipinski definition) is 4. The normalized spacial score (nSPS) is 18.5. The van der Waals surface area contributed by atoms with E-state index in [4.69, 9.17) is 0 Å². The van der Waals surface area contributed by atoms with E-state index in [9.17, 15) is 0 Å². The average Bonchev–Trinajstić information content (AvgIpc) is 2.97. The highest BCUT2D eigenvalue weighted by Crippen LogP contribution is 2.12. The summed E-state index contributed by atoms with van der Waals surface area (Å²) in [4.78, 5) is 2.54. The molecule has 2 heterocycles. The van der Waals surface area contributed by atoms with Crippen molar-refractivity contribution < 1.29 is 0 Å². The molecule has 1 aromatic rings. The topological polar surface area (TPSA) is 46.0 Å². The fourth-order valence-electron chi connectivity index (χ4n) is 2.34. The first-order valence-electron chi connectivity index (χ1n) is 6.67. The Bertz CT molecular complexity index is 329. The van der Waals surface area contributed by atoms with Crippen molar-refractivity contribution in [3.8, 4) is 0 Å². The van der Waals surface area contributed by atoms with Gasteiger partial charge in [-0.05, 0) is 39.3 Å². The molecule has 1 unspecified atom stereocenters. The van der Waals surface area contributed by atoms with Gasteiger partial charge in [0, 0.05) is 19.1 Å². The van der Waals surface area contributed by atoms with Crippen LogP contribution in [0.1, 0.15) is 33.1 Å². The fraction of sp³-hybridized carbons (Fsp3) is 0.833. The molecule has 0 spiro atoms. The first-order chi connectivity index (χ1) is 8.31. The lowest BCUT2D eigenvalue weighted by Crippen LogP contribution is -2.35. The van der Waals surface area contributed by atoms with Gasteiger partial charge in [0.15, 0.2) is 0 Å². The van der Waals surface area contributed by atoms with Crippen LogP contribution in [0.4, 0.5) is 5.82 Å². The van der Waals surface area contributed by atoms with Crippen LogP contribution in [0, 0.1) is 0 Å². The zero-order chi connectivity index (χ0) is 12.1. The Morgan fingerprint density at radius 3 is 2.88 bits per heavy atom. The molecule has 1 aliphatic rings. The maximum Gasteiger partial charge on any atom is 0.144 e. The van der Waals surface area contributed by atoms with Gasteiger partial charge >= 0.3 is 0 Å². The van der Waals surface area contributed by atoms with Crippen molar-refractivity contribution in [3.05, 3.63) is 6.20 Å². The molecule has 2 rings (SSSR count). The van der Waals surface area contributed by atoms with Crippen molar-refractivity contribution in [2.24, 2.45) is 0 Å². The van der Waals surface area contributed by atoms with Crippen LogP contribution in [0.5, 0.6) is 0 Å². The second-order valence-electron chi connectivity index (χ2n) is 4.82. The van der Waals surface area contributed by atoms with Gasteiger partial charge in [-0.1, -0.05) is 12.1 Å². The highest BCUT2D eigenvalue weighted by Gasteiger charge is 2.17. The van der Waals surface area contributed by atoms with Gasteiger partial charge in [0.1, 0.15) is 5.82 Å². The van der Waals surface area contributed by atoms with E-state index < -0.39 is 0 Å². The number of nitrogens with zero attached hydrogens (tertiary/aromatic N) is 4. The maximum absolute atomic E-state index is 4.07. The zero-order valence-electron chi connectivity index (χ0n) is 10.9. The summed E-state index contributed by atoms with van der Waals surface area (Å²) in [6.07, 6.45) is 5.59. The van der Waals surface area contributed by atoms with Crippen molar-refractivity contribution in [2.75, 3.05) is 25.0 Å². The summed E-state index contributed by atoms with van der Waals surface area (Å²) in [6, 6.07) is 0.586. The number of rotatable bonds is 6. The van der Waals surface area contributed by atoms with E-state index in [0.29, 0.717) is 6.04 Å². The predicted octanol–water partition coefficient (Wildman–Crippen LogP) is 1.58. The number of aryl methyl sites for hydroxylation is 1. The Morgan fingerprint density at radius 2 is 2.18 bits per heavy atom. The molecule has 17 heavy (non-hydrogen) atoms. The van der Waals surface area contributed by atoms with Gasteiger partial charge in [0.25, 0.3) is 0 Å². The maximum atomic E-state index is 4.07. The van der Waals surface area contributed by atoms with Gasteiger partial charge in [-0.3, -0.25) is 4.90 Å². The Balaban J connectivity index is 1.81. The van der Waals surface area contributed by atoms with Gasteiger partial charge in [0.05, 0.1) is 6.20 Å². The summed E-state index contributed by atoms with van der Waals surface area (Å²) in [7, 11) is 0. The van der Waals surface area contributed by atoms with E-state index in [-0.39, 0.29) is 0 Å². The van der Waals surface area contributed by atoms with Crippen molar-refractivity contribution in [1.29, 1.82) is 0 Å². The van der Waals surface area contributed by atoms with E-state index >= 15 is 0 Å². The lowest BCUT2D eigenvalue weighted by molar-refractivity contribution is 0.269. The monoisotopic (exact) mass is 237 g/mol. The minimum absolute atomic E-state index is 0.586. The summed E-state index contributed by atoms with van der Waals surface area (Å²) in [5.41, 5.74) is 0. The molecule has 0 aromatic carbocycles. The number of hydrogen-bond donors (Lipinski definition) is 1. The van der Waals surface area contributed by atoms with Crippen LogP contribution in [0.3, 0.4) is 0 Å². The summed E-state index contributed by atoms with van der Waals surface area (Å²) < 4.78 is 1.94. The lowest BCUT2D eigenvalue weighted by atomic mass is 10.3. The number of aromatic nitrogens is 3. The highest BCUT2D eigenvalue weighted by atomic mass is 15.5. The van der Waals surface area contributed by atoms with E-state index in [1.165, 1.54) is 25.9 Å². The van der Waals surface area contributed by atoms with Crippen LogP contribution in [0.15, 0.2) is 6.20 Å². The molecule has 1 atom stereocenters. The third-order valence-electron chi connectivity index (χ3n) is 3.40. The summed E-state index contributed by atoms with van der Waals surface area (Å²) in [5.74, 6) is 1.04. The van der Waals surface area contributed by atoms with Gasteiger partial charge in [-0.2, -0.15) is 0 Å². The molecule has 5 heteroatoms. The Morgan fingerprint density at radius 1 is 1.41 bits per heavy atom. The molecule has 0 bridgehead atoms. The largest absolute Gasteiger partial charge is 0.367 e. The Hall–Kier alpha value is -1.10. The van der Waals surface area contributed by atoms with E-state index in [1.807, 2.05) is 10.9 Å². The molecule has 0 saturated carbocycles. The van der Waals surface area contributed by atoms with Crippen LogP contribution in [-0.4, -0.2) is 45.6 Å². The quantitative estimate of drug-likeness (QED) is 0.816. The number of anilines is 1. The highest BCUT2D eigenvalue weighted by molar-refractivity contribution is 5.31. The van der Waals surface area contributed by atoms with E-state index in [1.54, 1.807) is 0 Å². The van der Waals surface area contributed by atoms with Crippen molar-refractivity contribution >= 4 is 5.82 Å². The standard InChI is InChI=1S/C12H23N5/c1-3-6-17-12(10-14-15-17)13-9-11(2)16-7-4-5-8-16/h10-11,13H,3-9H2,1-2H3. The lowest BCUT2D eigenvalue weighted by Gasteiger charge is -2.24. The molecule has 1 saturated heterocycles. The first kappa shape index (κ1) is 12.4. The van der Waals surface area contributed by atoms with Crippen LogP contribution in [-0.2, 0) is 6.54 Å². The minimum atomic E-state index is 0.586. The van der Waals surface area contributed by atoms with Crippen molar-refractivity contribution in [2.45, 2.75) is 45.7 Å². The van der Waals surface area contributed by atoms with Crippen LogP contribution in [0.25, 0.3) is 0 Å². The van der Waals surface area contributed by atoms with Gasteiger partial charge in [-0.15, -0.1) is 5.10 Å². The SMILES string of the molecule is CCCn1nncc1NCC(C)N1CCCC1. The zero-order valence-corrected chi connectivity index (χ0v) is 10.9. The molecular weight excluding hydrogens is 214 g/mol. The van der Waals surface area contributed by atoms with Crippen LogP contribution < -0.4 is 5.32 Å². The van der Waals surface area contributed by atoms with Gasteiger partial charge in [-0.25, -0.2) is 4.68 Å². The van der Waals surface area contributed by atoms with Gasteiger partial charge < -0.3 is 5.32 Å². The predicted molar refractivity (Wildman–Crippen MR) is 69.1 cm³/mol. The number of likely N-dealkylation sites (tertiary alicyclic amines) is 1. The molecule has 5 nitrogen and oxygen atoms in total. The Labute approximate surface area is 103 Å². The molecule has 1 aliphatic heterocycles. The van der Waals surface area contributed by atoms with Crippen LogP contribution >= 0.6 is 0 Å². The Kier molecular flexibility index (Phi) is 4.36. The van der Waals surface area contributed by atoms with Crippen LogP contribution in [0.2, 0.25) is 0 Å². The third kappa shape index (κ3) is 3.19. The van der Waals surface area contributed by atoms with E-state index in [2.05, 4.69) is 34.4 Å². The molecular formula is C12H23N5. The molecule has 1 fully saturated rings. The minimum Gasteiger partial charge on any atom is -0.367 e.